The Kier molecular flexibility index (Phi) is 3.10. The second-order valence-corrected chi connectivity index (χ2v) is 4.15. The molecule has 0 spiro atoms. The van der Waals surface area contributed by atoms with Crippen LogP contribution in [0, 0.1) is 0 Å². The van der Waals surface area contributed by atoms with Crippen LogP contribution in [-0.4, -0.2) is 39.5 Å². The third kappa shape index (κ3) is 2.34. The number of H-pyrrole nitrogens is 1. The van der Waals surface area contributed by atoms with Crippen molar-refractivity contribution in [3.63, 3.8) is 0 Å². The standard InChI is InChI=1S/C10H10F2N8O2/c1-18-10(21)20(17-16-18)8-6(19(5-13-8)9(11)12)4-22-7-2-3-14-15-7/h2-3,5,9H,4H2,1H3,(H,14,15)/i/hT. The van der Waals surface area contributed by atoms with Crippen LogP contribution < -0.4 is 10.4 Å². The molecule has 0 aliphatic rings. The van der Waals surface area contributed by atoms with Crippen molar-refractivity contribution < 1.29 is 14.9 Å². The van der Waals surface area contributed by atoms with E-state index in [1.165, 1.54) is 19.3 Å². The molecule has 0 radical (unpaired) electrons. The van der Waals surface area contributed by atoms with E-state index in [0.717, 1.165) is 20.8 Å². The Bertz CT molecular complexity index is 882. The maximum atomic E-state index is 13.1. The van der Waals surface area contributed by atoms with Gasteiger partial charge in [-0.2, -0.15) is 13.5 Å². The first-order valence-electron chi connectivity index (χ1n) is 6.43. The molecule has 0 saturated heterocycles. The van der Waals surface area contributed by atoms with Crippen LogP contribution in [0.2, 0.25) is 1.41 Å². The predicted molar refractivity (Wildman–Crippen MR) is 66.6 cm³/mol. The van der Waals surface area contributed by atoms with Crippen molar-refractivity contribution in [2.45, 2.75) is 13.2 Å². The maximum absolute atomic E-state index is 13.1. The molecule has 12 heteroatoms. The molecule has 0 fully saturated rings. The maximum Gasteiger partial charge on any atom is 0.369 e. The number of aromatic nitrogens is 8. The average molecular weight is 314 g/mol. The van der Waals surface area contributed by atoms with Crippen molar-refractivity contribution >= 4 is 0 Å². The molecule has 22 heavy (non-hydrogen) atoms. The number of nitrogens with zero attached hydrogens (tertiary/aromatic N) is 7. The first kappa shape index (κ1) is 12.7. The average Bonchev–Trinajstić information content (AvgIpc) is 3.18. The second-order valence-electron chi connectivity index (χ2n) is 4.15. The fraction of sp³-hybridized carbons (Fsp3) is 0.300. The van der Waals surface area contributed by atoms with Gasteiger partial charge in [-0.1, -0.05) is 0 Å². The third-order valence-corrected chi connectivity index (χ3v) is 2.80. The lowest BCUT2D eigenvalue weighted by molar-refractivity contribution is 0.0636. The van der Waals surface area contributed by atoms with Crippen molar-refractivity contribution in [3.05, 3.63) is 34.8 Å². The van der Waals surface area contributed by atoms with Gasteiger partial charge in [0, 0.05) is 19.3 Å². The summed E-state index contributed by atoms with van der Waals surface area (Å²) >= 11 is 0. The number of tetrazole rings is 1. The van der Waals surface area contributed by atoms with Gasteiger partial charge in [0.15, 0.2) is 7.23 Å². The number of imidazole rings is 1. The van der Waals surface area contributed by atoms with Gasteiger partial charge in [0.25, 0.3) is 0 Å². The number of nitrogens with one attached hydrogen (secondary N) is 1. The number of aromatic amines is 1. The highest BCUT2D eigenvalue weighted by Crippen LogP contribution is 2.20. The minimum absolute atomic E-state index is 0.0689. The summed E-state index contributed by atoms with van der Waals surface area (Å²) in [4.78, 5) is 15.6. The molecule has 0 saturated carbocycles. The van der Waals surface area contributed by atoms with E-state index in [0.29, 0.717) is 4.57 Å². The first-order valence-corrected chi connectivity index (χ1v) is 5.98. The van der Waals surface area contributed by atoms with Crippen LogP contribution in [0.3, 0.4) is 0 Å². The van der Waals surface area contributed by atoms with Crippen LogP contribution in [-0.2, 0) is 13.7 Å². The number of aryl methyl sites for hydroxylation is 1. The molecule has 0 aromatic carbocycles. The number of hydrogen-bond donors (Lipinski definition) is 1. The van der Waals surface area contributed by atoms with E-state index in [1.807, 2.05) is 0 Å². The van der Waals surface area contributed by atoms with Crippen LogP contribution in [0.4, 0.5) is 8.78 Å². The molecule has 0 unspecified atom stereocenters. The van der Waals surface area contributed by atoms with Crippen molar-refractivity contribution in [2.24, 2.45) is 7.05 Å². The summed E-state index contributed by atoms with van der Waals surface area (Å²) in [6, 6.07) is 1.39. The van der Waals surface area contributed by atoms with Gasteiger partial charge in [-0.25, -0.2) is 9.78 Å². The molecule has 10 nitrogen and oxygen atoms in total. The Morgan fingerprint density at radius 1 is 1.50 bits per heavy atom. The molecule has 116 valence electrons. The van der Waals surface area contributed by atoms with Crippen LogP contribution in [0.25, 0.3) is 5.82 Å². The summed E-state index contributed by atoms with van der Waals surface area (Å²) in [6.45, 7) is -3.23. The van der Waals surface area contributed by atoms with Gasteiger partial charge in [-0.15, -0.1) is 9.78 Å². The van der Waals surface area contributed by atoms with E-state index in [2.05, 4.69) is 20.5 Å². The Morgan fingerprint density at radius 2 is 2.32 bits per heavy atom. The molecule has 3 aromatic rings. The van der Waals surface area contributed by atoms with Gasteiger partial charge in [-0.05, 0) is 10.4 Å². The summed E-state index contributed by atoms with van der Waals surface area (Å²) in [7, 11) is 1.37. The van der Waals surface area contributed by atoms with E-state index in [-0.39, 0.29) is 24.0 Å². The summed E-state index contributed by atoms with van der Waals surface area (Å²) in [5, 5.41) is 11.5. The quantitative estimate of drug-likeness (QED) is 0.702. The van der Waals surface area contributed by atoms with Crippen molar-refractivity contribution in [1.29, 1.82) is 0 Å². The third-order valence-electron chi connectivity index (χ3n) is 2.80. The van der Waals surface area contributed by atoms with Gasteiger partial charge in [0.1, 0.15) is 18.6 Å². The van der Waals surface area contributed by atoms with Crippen molar-refractivity contribution in [3.8, 4) is 11.7 Å². The summed E-state index contributed by atoms with van der Waals surface area (Å²) in [6.07, 6.45) is 2.19. The van der Waals surface area contributed by atoms with E-state index in [9.17, 15) is 13.6 Å². The normalized spacial score (nSPS) is 11.9. The Morgan fingerprint density at radius 3 is 2.91 bits per heavy atom. The van der Waals surface area contributed by atoms with Gasteiger partial charge < -0.3 is 4.74 Å². The number of rotatable bonds is 5. The highest BCUT2D eigenvalue weighted by Gasteiger charge is 2.21. The molecule has 1 N–H and O–H groups in total. The summed E-state index contributed by atoms with van der Waals surface area (Å²) in [5.41, 5.74) is -0.719. The Balaban J connectivity index is 1.97. The van der Waals surface area contributed by atoms with E-state index in [4.69, 9.17) is 6.15 Å². The topological polar surface area (TPSA) is 108 Å². The van der Waals surface area contributed by atoms with Crippen LogP contribution >= 0.6 is 0 Å². The first-order chi connectivity index (χ1) is 11.0. The lowest BCUT2D eigenvalue weighted by Crippen LogP contribution is -2.23. The fourth-order valence-electron chi connectivity index (χ4n) is 1.75. The zero-order chi connectivity index (χ0) is 16.6. The van der Waals surface area contributed by atoms with Crippen LogP contribution in [0.1, 0.15) is 12.2 Å². The van der Waals surface area contributed by atoms with E-state index in [1.54, 1.807) is 0 Å². The molecule has 0 aliphatic carbocycles. The molecule has 0 bridgehead atoms. The number of halogens is 2. The SMILES string of the molecule is [3H]n1ccc(OCc2c(-n3nnn(C)c3=O)ncn2C(F)F)n1. The molecule has 0 aliphatic heterocycles. The summed E-state index contributed by atoms with van der Waals surface area (Å²) in [5.74, 6) is -0.0480. The fourth-order valence-corrected chi connectivity index (χ4v) is 1.75. The Labute approximate surface area is 122 Å². The molecule has 0 amide bonds. The number of alkyl halides is 2. The number of ether oxygens (including phenoxy) is 1. The van der Waals surface area contributed by atoms with Crippen LogP contribution in [0.15, 0.2) is 23.4 Å². The minimum Gasteiger partial charge on any atom is -0.470 e. The molecular weight excluding hydrogens is 302 g/mol. The molecule has 0 atom stereocenters. The lowest BCUT2D eigenvalue weighted by Gasteiger charge is -2.08. The summed E-state index contributed by atoms with van der Waals surface area (Å²) < 4.78 is 40.9. The highest BCUT2D eigenvalue weighted by atomic mass is 19.3. The van der Waals surface area contributed by atoms with Crippen LogP contribution in [0.5, 0.6) is 5.88 Å². The van der Waals surface area contributed by atoms with E-state index >= 15 is 0 Å². The smallest absolute Gasteiger partial charge is 0.369 e. The zero-order valence-electron chi connectivity index (χ0n) is 12.2. The predicted octanol–water partition coefficient (Wildman–Crippen LogP) is -0.140. The lowest BCUT2D eigenvalue weighted by atomic mass is 10.4. The van der Waals surface area contributed by atoms with E-state index < -0.39 is 12.2 Å². The van der Waals surface area contributed by atoms with Crippen molar-refractivity contribution in [2.75, 3.05) is 0 Å². The van der Waals surface area contributed by atoms with Gasteiger partial charge in [0.05, 0.1) is 0 Å². The Hall–Kier alpha value is -3.05. The molecular formula is C10H10F2N8O2. The zero-order valence-corrected chi connectivity index (χ0v) is 11.2. The van der Waals surface area contributed by atoms with Gasteiger partial charge >= 0.3 is 12.2 Å². The monoisotopic (exact) mass is 314 g/mol. The minimum atomic E-state index is -2.88. The largest absolute Gasteiger partial charge is 0.470 e. The molecule has 3 heterocycles. The molecule has 3 rings (SSSR count). The van der Waals surface area contributed by atoms with Crippen molar-refractivity contribution in [1.82, 2.24) is 39.5 Å². The highest BCUT2D eigenvalue weighted by molar-refractivity contribution is 5.28. The van der Waals surface area contributed by atoms with Gasteiger partial charge in [0.2, 0.25) is 5.88 Å². The van der Waals surface area contributed by atoms with Gasteiger partial charge in [-0.3, -0.25) is 9.66 Å². The second kappa shape index (κ2) is 5.38. The number of hydrogen-bond acceptors (Lipinski definition) is 6. The molecule has 3 aromatic heterocycles.